The number of likely N-dealkylation sites (tertiary alicyclic amines) is 1. The van der Waals surface area contributed by atoms with E-state index in [4.69, 9.17) is 0 Å². The quantitative estimate of drug-likeness (QED) is 0.867. The largest absolute Gasteiger partial charge is 0.341 e. The van der Waals surface area contributed by atoms with Crippen LogP contribution in [0.2, 0.25) is 0 Å². The van der Waals surface area contributed by atoms with Crippen LogP contribution in [0, 0.1) is 11.8 Å². The predicted molar refractivity (Wildman–Crippen MR) is 91.0 cm³/mol. The number of thioether (sulfide) groups is 1. The number of nitrogens with zero attached hydrogens (tertiary/aromatic N) is 1. The first kappa shape index (κ1) is 16.9. The molecule has 0 aromatic heterocycles. The Balaban J connectivity index is 1.84. The topological polar surface area (TPSA) is 49.4 Å². The molecule has 1 aromatic rings. The zero-order chi connectivity index (χ0) is 16.1. The van der Waals surface area contributed by atoms with Crippen molar-refractivity contribution in [2.45, 2.75) is 32.1 Å². The summed E-state index contributed by atoms with van der Waals surface area (Å²) in [6, 6.07) is 7.59. The first-order chi connectivity index (χ1) is 10.4. The van der Waals surface area contributed by atoms with E-state index in [9.17, 15) is 9.59 Å². The minimum Gasteiger partial charge on any atom is -0.341 e. The fraction of sp³-hybridized carbons (Fsp3) is 0.529. The fourth-order valence-electron chi connectivity index (χ4n) is 2.94. The van der Waals surface area contributed by atoms with Crippen LogP contribution in [0.5, 0.6) is 0 Å². The van der Waals surface area contributed by atoms with Gasteiger partial charge in [0.1, 0.15) is 0 Å². The van der Waals surface area contributed by atoms with Crippen molar-refractivity contribution in [3.63, 3.8) is 0 Å². The smallest absolute Gasteiger partial charge is 0.232 e. The predicted octanol–water partition coefficient (Wildman–Crippen LogP) is 3.24. The minimum atomic E-state index is -0.0797. The molecule has 0 bridgehead atoms. The number of piperidine rings is 1. The molecule has 2 amide bonds. The van der Waals surface area contributed by atoms with Crippen LogP contribution in [-0.2, 0) is 9.59 Å². The summed E-state index contributed by atoms with van der Waals surface area (Å²) in [7, 11) is 0. The number of benzene rings is 1. The Labute approximate surface area is 136 Å². The molecule has 2 rings (SSSR count). The van der Waals surface area contributed by atoms with Crippen molar-refractivity contribution in [3.05, 3.63) is 24.3 Å². The molecule has 0 radical (unpaired) electrons. The average molecular weight is 320 g/mol. The molecule has 1 saturated heterocycles. The summed E-state index contributed by atoms with van der Waals surface area (Å²) in [5.74, 6) is 1.79. The Morgan fingerprint density at radius 1 is 1.18 bits per heavy atom. The summed E-state index contributed by atoms with van der Waals surface area (Å²) >= 11 is 1.55. The van der Waals surface area contributed by atoms with Crippen molar-refractivity contribution in [1.29, 1.82) is 0 Å². The number of nitrogens with one attached hydrogen (secondary N) is 1. The highest BCUT2D eigenvalue weighted by Gasteiger charge is 2.25. The SMILES string of the molecule is CC(=O)Nc1ccc(SCC(=O)N2C[C@@H](C)C[C@H](C)C2)cc1. The highest BCUT2D eigenvalue weighted by molar-refractivity contribution is 8.00. The van der Waals surface area contributed by atoms with Crippen molar-refractivity contribution < 1.29 is 9.59 Å². The van der Waals surface area contributed by atoms with Gasteiger partial charge < -0.3 is 10.2 Å². The third-order valence-corrected chi connectivity index (χ3v) is 4.76. The second kappa shape index (κ2) is 7.68. The van der Waals surface area contributed by atoms with Crippen LogP contribution >= 0.6 is 11.8 Å². The Kier molecular flexibility index (Phi) is 5.89. The molecule has 5 heteroatoms. The number of anilines is 1. The highest BCUT2D eigenvalue weighted by atomic mass is 32.2. The number of rotatable bonds is 4. The number of hydrogen-bond donors (Lipinski definition) is 1. The molecule has 1 aliphatic heterocycles. The first-order valence-corrected chi connectivity index (χ1v) is 8.71. The monoisotopic (exact) mass is 320 g/mol. The van der Waals surface area contributed by atoms with Crippen LogP contribution in [0.4, 0.5) is 5.69 Å². The summed E-state index contributed by atoms with van der Waals surface area (Å²) in [4.78, 5) is 26.3. The zero-order valence-electron chi connectivity index (χ0n) is 13.5. The molecular formula is C17H24N2O2S. The Morgan fingerprint density at radius 2 is 1.77 bits per heavy atom. The van der Waals surface area contributed by atoms with E-state index in [-0.39, 0.29) is 11.8 Å². The van der Waals surface area contributed by atoms with Crippen LogP contribution < -0.4 is 5.32 Å². The van der Waals surface area contributed by atoms with Crippen LogP contribution in [-0.4, -0.2) is 35.6 Å². The van der Waals surface area contributed by atoms with E-state index in [1.807, 2.05) is 29.2 Å². The van der Waals surface area contributed by atoms with Gasteiger partial charge in [-0.1, -0.05) is 13.8 Å². The van der Waals surface area contributed by atoms with E-state index < -0.39 is 0 Å². The second-order valence-corrected chi connectivity index (χ2v) is 7.29. The lowest BCUT2D eigenvalue weighted by Crippen LogP contribution is -2.43. The molecule has 0 saturated carbocycles. The molecular weight excluding hydrogens is 296 g/mol. The molecule has 2 atom stereocenters. The molecule has 1 aromatic carbocycles. The van der Waals surface area contributed by atoms with Gasteiger partial charge in [-0.15, -0.1) is 11.8 Å². The van der Waals surface area contributed by atoms with Gasteiger partial charge in [-0.05, 0) is 42.5 Å². The lowest BCUT2D eigenvalue weighted by molar-refractivity contribution is -0.131. The zero-order valence-corrected chi connectivity index (χ0v) is 14.3. The average Bonchev–Trinajstić information content (AvgIpc) is 2.44. The number of amides is 2. The van der Waals surface area contributed by atoms with Gasteiger partial charge in [0.2, 0.25) is 11.8 Å². The normalized spacial score (nSPS) is 21.5. The fourth-order valence-corrected chi connectivity index (χ4v) is 3.74. The molecule has 22 heavy (non-hydrogen) atoms. The standard InChI is InChI=1S/C17H24N2O2S/c1-12-8-13(2)10-19(9-12)17(21)11-22-16-6-4-15(5-7-16)18-14(3)20/h4-7,12-13H,8-11H2,1-3H3,(H,18,20)/t12-,13-/m0/s1. The molecule has 120 valence electrons. The minimum absolute atomic E-state index is 0.0797. The summed E-state index contributed by atoms with van der Waals surface area (Å²) in [5, 5.41) is 2.73. The van der Waals surface area contributed by atoms with Gasteiger partial charge in [0.05, 0.1) is 5.75 Å². The van der Waals surface area contributed by atoms with Gasteiger partial charge in [-0.2, -0.15) is 0 Å². The van der Waals surface area contributed by atoms with Gasteiger partial charge in [-0.3, -0.25) is 9.59 Å². The van der Waals surface area contributed by atoms with E-state index in [0.29, 0.717) is 17.6 Å². The molecule has 1 fully saturated rings. The third-order valence-electron chi connectivity index (χ3n) is 3.76. The summed E-state index contributed by atoms with van der Waals surface area (Å²) in [5.41, 5.74) is 0.779. The van der Waals surface area contributed by atoms with Gasteiger partial charge in [0.15, 0.2) is 0 Å². The maximum Gasteiger partial charge on any atom is 0.232 e. The van der Waals surface area contributed by atoms with Crippen LogP contribution in [0.15, 0.2) is 29.2 Å². The van der Waals surface area contributed by atoms with Gasteiger partial charge in [0, 0.05) is 30.6 Å². The second-order valence-electron chi connectivity index (χ2n) is 6.24. The molecule has 0 spiro atoms. The third kappa shape index (κ3) is 5.05. The van der Waals surface area contributed by atoms with Crippen LogP contribution in [0.1, 0.15) is 27.2 Å². The maximum absolute atomic E-state index is 12.3. The van der Waals surface area contributed by atoms with E-state index >= 15 is 0 Å². The molecule has 1 aliphatic rings. The number of carbonyl (C=O) groups excluding carboxylic acids is 2. The molecule has 0 unspecified atom stereocenters. The lowest BCUT2D eigenvalue weighted by Gasteiger charge is -2.35. The van der Waals surface area contributed by atoms with Crippen molar-refractivity contribution >= 4 is 29.3 Å². The van der Waals surface area contributed by atoms with Crippen molar-refractivity contribution in [3.8, 4) is 0 Å². The molecule has 1 heterocycles. The van der Waals surface area contributed by atoms with Crippen molar-refractivity contribution in [1.82, 2.24) is 4.90 Å². The highest BCUT2D eigenvalue weighted by Crippen LogP contribution is 2.24. The van der Waals surface area contributed by atoms with Gasteiger partial charge in [0.25, 0.3) is 0 Å². The Hall–Kier alpha value is -1.49. The number of carbonyl (C=O) groups is 2. The maximum atomic E-state index is 12.3. The summed E-state index contributed by atoms with van der Waals surface area (Å²) in [6.45, 7) is 7.67. The van der Waals surface area contributed by atoms with Gasteiger partial charge in [-0.25, -0.2) is 0 Å². The van der Waals surface area contributed by atoms with E-state index in [1.165, 1.54) is 13.3 Å². The van der Waals surface area contributed by atoms with Crippen molar-refractivity contribution in [2.75, 3.05) is 24.2 Å². The molecule has 0 aliphatic carbocycles. The summed E-state index contributed by atoms with van der Waals surface area (Å²) < 4.78 is 0. The van der Waals surface area contributed by atoms with Crippen molar-refractivity contribution in [2.24, 2.45) is 11.8 Å². The van der Waals surface area contributed by atoms with E-state index in [2.05, 4.69) is 19.2 Å². The Bertz CT molecular complexity index is 520. The van der Waals surface area contributed by atoms with E-state index in [0.717, 1.165) is 23.7 Å². The molecule has 1 N–H and O–H groups in total. The lowest BCUT2D eigenvalue weighted by atomic mass is 9.92. The first-order valence-electron chi connectivity index (χ1n) is 7.72. The summed E-state index contributed by atoms with van der Waals surface area (Å²) in [6.07, 6.45) is 1.21. The van der Waals surface area contributed by atoms with Crippen LogP contribution in [0.3, 0.4) is 0 Å². The van der Waals surface area contributed by atoms with Crippen LogP contribution in [0.25, 0.3) is 0 Å². The number of hydrogen-bond acceptors (Lipinski definition) is 3. The molecule has 4 nitrogen and oxygen atoms in total. The van der Waals surface area contributed by atoms with Gasteiger partial charge >= 0.3 is 0 Å². The Morgan fingerprint density at radius 3 is 2.32 bits per heavy atom. The van der Waals surface area contributed by atoms with E-state index in [1.54, 1.807) is 11.8 Å².